The summed E-state index contributed by atoms with van der Waals surface area (Å²) in [5.41, 5.74) is 7.05. The minimum absolute atomic E-state index is 0.344. The van der Waals surface area contributed by atoms with Crippen molar-refractivity contribution in [3.63, 3.8) is 0 Å². The van der Waals surface area contributed by atoms with Crippen LogP contribution in [0.15, 0.2) is 53.6 Å². The maximum Gasteiger partial charge on any atom is 0.260 e. The van der Waals surface area contributed by atoms with E-state index >= 15 is 0 Å². The van der Waals surface area contributed by atoms with E-state index < -0.39 is 22.5 Å². The average molecular weight is 471 g/mol. The molecule has 0 radical (unpaired) electrons. The second-order valence-electron chi connectivity index (χ2n) is 7.92. The van der Waals surface area contributed by atoms with Gasteiger partial charge in [-0.25, -0.2) is 18.2 Å². The van der Waals surface area contributed by atoms with Crippen LogP contribution in [0.3, 0.4) is 0 Å². The third-order valence-corrected chi connectivity index (χ3v) is 6.45. The van der Waals surface area contributed by atoms with Gasteiger partial charge in [-0.15, -0.1) is 0 Å². The van der Waals surface area contributed by atoms with Crippen LogP contribution in [0.2, 0.25) is 0 Å². The first-order valence-corrected chi connectivity index (χ1v) is 12.1. The molecule has 0 spiro atoms. The zero-order valence-electron chi connectivity index (χ0n) is 19.3. The molecule has 7 nitrogen and oxygen atoms in total. The highest BCUT2D eigenvalue weighted by molar-refractivity contribution is 7.92. The van der Waals surface area contributed by atoms with Crippen LogP contribution in [-0.4, -0.2) is 37.9 Å². The number of rotatable bonds is 7. The Kier molecular flexibility index (Phi) is 7.02. The lowest BCUT2D eigenvalue weighted by Crippen LogP contribution is -2.39. The van der Waals surface area contributed by atoms with Crippen LogP contribution in [0, 0.1) is 33.5 Å². The van der Waals surface area contributed by atoms with E-state index in [2.05, 4.69) is 10.5 Å². The van der Waals surface area contributed by atoms with E-state index in [9.17, 15) is 17.6 Å². The number of amides is 1. The van der Waals surface area contributed by atoms with Crippen LogP contribution in [0.25, 0.3) is 5.69 Å². The Hall–Kier alpha value is -3.46. The average Bonchev–Trinajstić information content (AvgIpc) is 3.00. The summed E-state index contributed by atoms with van der Waals surface area (Å²) < 4.78 is 41.9. The van der Waals surface area contributed by atoms with Crippen LogP contribution in [-0.2, 0) is 14.8 Å². The number of nitrogens with zero attached hydrogens (tertiary/aromatic N) is 3. The Morgan fingerprint density at radius 2 is 1.73 bits per heavy atom. The molecule has 1 heterocycles. The van der Waals surface area contributed by atoms with Crippen LogP contribution in [0.1, 0.15) is 28.1 Å². The summed E-state index contributed by atoms with van der Waals surface area (Å²) >= 11 is 0. The molecule has 0 saturated heterocycles. The smallest absolute Gasteiger partial charge is 0.260 e. The van der Waals surface area contributed by atoms with Crippen molar-refractivity contribution in [1.82, 2.24) is 9.99 Å². The summed E-state index contributed by atoms with van der Waals surface area (Å²) in [4.78, 5) is 12.5. The van der Waals surface area contributed by atoms with E-state index in [0.717, 1.165) is 33.1 Å². The summed E-state index contributed by atoms with van der Waals surface area (Å²) in [5.74, 6) is -0.925. The van der Waals surface area contributed by atoms with Gasteiger partial charge >= 0.3 is 0 Å². The second-order valence-corrected chi connectivity index (χ2v) is 9.82. The Bertz CT molecular complexity index is 1310. The molecule has 0 aliphatic carbocycles. The number of benzene rings is 2. The summed E-state index contributed by atoms with van der Waals surface area (Å²) in [7, 11) is -3.70. The summed E-state index contributed by atoms with van der Waals surface area (Å²) in [6, 6.07) is 13.7. The Balaban J connectivity index is 1.79. The van der Waals surface area contributed by atoms with Gasteiger partial charge in [-0.1, -0.05) is 30.3 Å². The van der Waals surface area contributed by atoms with Gasteiger partial charge in [0.1, 0.15) is 12.4 Å². The number of aromatic nitrogens is 1. The van der Waals surface area contributed by atoms with Crippen molar-refractivity contribution >= 4 is 27.8 Å². The number of nitrogens with one attached hydrogen (secondary N) is 1. The maximum atomic E-state index is 14.3. The SMILES string of the molecule is Cc1cccc(C)c1N(CC(=O)N/N=C/c1cc(C)n(-c2ccccc2F)c1C)S(C)(=O)=O. The number of hydrazone groups is 1. The van der Waals surface area contributed by atoms with Gasteiger partial charge < -0.3 is 4.57 Å². The Labute approximate surface area is 193 Å². The number of anilines is 1. The molecular weight excluding hydrogens is 443 g/mol. The predicted molar refractivity (Wildman–Crippen MR) is 129 cm³/mol. The van der Waals surface area contributed by atoms with Crippen molar-refractivity contribution in [2.24, 2.45) is 5.10 Å². The van der Waals surface area contributed by atoms with Crippen molar-refractivity contribution < 1.29 is 17.6 Å². The molecule has 33 heavy (non-hydrogen) atoms. The number of hydrogen-bond donors (Lipinski definition) is 1. The number of hydrogen-bond acceptors (Lipinski definition) is 4. The van der Waals surface area contributed by atoms with Gasteiger partial charge in [0.05, 0.1) is 23.8 Å². The fraction of sp³-hybridized carbons (Fsp3) is 0.250. The molecule has 0 aliphatic rings. The standard InChI is InChI=1S/C24H27FN4O3S/c1-16-9-8-10-17(2)24(16)28(33(5,31)32)15-23(30)27-26-14-20-13-18(3)29(19(20)4)22-12-7-6-11-21(22)25/h6-14H,15H2,1-5H3,(H,27,30)/b26-14+. The molecule has 0 aliphatic heterocycles. The van der Waals surface area contributed by atoms with Gasteiger partial charge in [0.25, 0.3) is 5.91 Å². The number of halogens is 1. The fourth-order valence-electron chi connectivity index (χ4n) is 3.82. The normalized spacial score (nSPS) is 11.7. The highest BCUT2D eigenvalue weighted by Gasteiger charge is 2.23. The highest BCUT2D eigenvalue weighted by Crippen LogP contribution is 2.26. The topological polar surface area (TPSA) is 83.8 Å². The molecule has 1 aromatic heterocycles. The number of para-hydroxylation sites is 2. The molecule has 3 rings (SSSR count). The minimum Gasteiger partial charge on any atom is -0.315 e. The van der Waals surface area contributed by atoms with Crippen LogP contribution in [0.4, 0.5) is 10.1 Å². The van der Waals surface area contributed by atoms with Gasteiger partial charge in [-0.3, -0.25) is 9.10 Å². The molecule has 0 bridgehead atoms. The molecular formula is C24H27FN4O3S. The number of carbonyl (C=O) groups excluding carboxylic acids is 1. The van der Waals surface area contributed by atoms with Gasteiger partial charge in [0, 0.05) is 17.0 Å². The first kappa shape index (κ1) is 24.2. The van der Waals surface area contributed by atoms with Crippen LogP contribution in [0.5, 0.6) is 0 Å². The largest absolute Gasteiger partial charge is 0.315 e. The zero-order valence-corrected chi connectivity index (χ0v) is 20.1. The van der Waals surface area contributed by atoms with E-state index in [1.54, 1.807) is 48.7 Å². The van der Waals surface area contributed by atoms with Crippen molar-refractivity contribution in [2.45, 2.75) is 27.7 Å². The molecule has 0 saturated carbocycles. The monoisotopic (exact) mass is 470 g/mol. The summed E-state index contributed by atoms with van der Waals surface area (Å²) in [6.45, 7) is 6.86. The molecule has 0 atom stereocenters. The van der Waals surface area contributed by atoms with Crippen molar-refractivity contribution in [2.75, 3.05) is 17.1 Å². The summed E-state index contributed by atoms with van der Waals surface area (Å²) in [6.07, 6.45) is 2.52. The van der Waals surface area contributed by atoms with E-state index in [0.29, 0.717) is 16.9 Å². The van der Waals surface area contributed by atoms with Crippen molar-refractivity contribution in [1.29, 1.82) is 0 Å². The van der Waals surface area contributed by atoms with Crippen LogP contribution >= 0.6 is 0 Å². The summed E-state index contributed by atoms with van der Waals surface area (Å²) in [5, 5.41) is 3.99. The Morgan fingerprint density at radius 1 is 1.09 bits per heavy atom. The molecule has 3 aromatic rings. The lowest BCUT2D eigenvalue weighted by Gasteiger charge is -2.25. The molecule has 1 amide bonds. The first-order chi connectivity index (χ1) is 15.5. The van der Waals surface area contributed by atoms with Gasteiger partial charge in [0.15, 0.2) is 0 Å². The lowest BCUT2D eigenvalue weighted by molar-refractivity contribution is -0.119. The molecule has 0 fully saturated rings. The minimum atomic E-state index is -3.70. The van der Waals surface area contributed by atoms with Crippen LogP contribution < -0.4 is 9.73 Å². The maximum absolute atomic E-state index is 14.3. The van der Waals surface area contributed by atoms with E-state index in [1.165, 1.54) is 12.3 Å². The molecule has 9 heteroatoms. The van der Waals surface area contributed by atoms with Crippen molar-refractivity contribution in [3.8, 4) is 5.69 Å². The van der Waals surface area contributed by atoms with E-state index in [1.807, 2.05) is 26.0 Å². The number of sulfonamides is 1. The fourth-order valence-corrected chi connectivity index (χ4v) is 4.79. The quantitative estimate of drug-likeness (QED) is 0.422. The van der Waals surface area contributed by atoms with Gasteiger partial charge in [-0.05, 0) is 57.0 Å². The van der Waals surface area contributed by atoms with Crippen molar-refractivity contribution in [3.05, 3.63) is 82.4 Å². The van der Waals surface area contributed by atoms with E-state index in [-0.39, 0.29) is 5.82 Å². The second kappa shape index (κ2) is 9.58. The molecule has 0 unspecified atom stereocenters. The third kappa shape index (κ3) is 5.31. The number of aryl methyl sites for hydroxylation is 3. The number of carbonyl (C=O) groups is 1. The molecule has 2 aromatic carbocycles. The lowest BCUT2D eigenvalue weighted by atomic mass is 10.1. The van der Waals surface area contributed by atoms with Gasteiger partial charge in [0.2, 0.25) is 10.0 Å². The highest BCUT2D eigenvalue weighted by atomic mass is 32.2. The molecule has 174 valence electrons. The molecule has 1 N–H and O–H groups in total. The zero-order chi connectivity index (χ0) is 24.3. The van der Waals surface area contributed by atoms with Gasteiger partial charge in [-0.2, -0.15) is 5.10 Å². The third-order valence-electron chi connectivity index (χ3n) is 5.33. The Morgan fingerprint density at radius 3 is 2.33 bits per heavy atom. The van der Waals surface area contributed by atoms with E-state index in [4.69, 9.17) is 0 Å². The first-order valence-electron chi connectivity index (χ1n) is 10.3. The predicted octanol–water partition coefficient (Wildman–Crippen LogP) is 3.77.